The van der Waals surface area contributed by atoms with Crippen LogP contribution in [0.1, 0.15) is 5.56 Å². The Balaban J connectivity index is 1.79. The van der Waals surface area contributed by atoms with Gasteiger partial charge in [0.05, 0.1) is 16.2 Å². The van der Waals surface area contributed by atoms with Crippen LogP contribution in [0.5, 0.6) is 0 Å². The normalized spacial score (nSPS) is 10.9. The van der Waals surface area contributed by atoms with Gasteiger partial charge in [-0.2, -0.15) is 4.52 Å². The van der Waals surface area contributed by atoms with Gasteiger partial charge in [0.25, 0.3) is 0 Å². The number of rotatable bonds is 3. The third kappa shape index (κ3) is 2.50. The van der Waals surface area contributed by atoms with Crippen molar-refractivity contribution in [2.75, 3.05) is 11.1 Å². The molecule has 0 bridgehead atoms. The van der Waals surface area contributed by atoms with Crippen LogP contribution in [-0.2, 0) is 6.54 Å². The van der Waals surface area contributed by atoms with Gasteiger partial charge in [-0.1, -0.05) is 29.3 Å². The molecule has 0 aliphatic heterocycles. The maximum absolute atomic E-state index is 5.98. The highest BCUT2D eigenvalue weighted by Crippen LogP contribution is 2.23. The monoisotopic (exact) mass is 307 g/mol. The lowest BCUT2D eigenvalue weighted by Crippen LogP contribution is -2.05. The van der Waals surface area contributed by atoms with Crippen molar-refractivity contribution >= 4 is 40.5 Å². The van der Waals surface area contributed by atoms with Crippen LogP contribution in [0.3, 0.4) is 0 Å². The molecule has 1 aromatic carbocycles. The average Bonchev–Trinajstić information content (AvgIpc) is 2.81. The van der Waals surface area contributed by atoms with Gasteiger partial charge in [-0.15, -0.1) is 5.10 Å². The van der Waals surface area contributed by atoms with Crippen LogP contribution in [-0.4, -0.2) is 14.6 Å². The summed E-state index contributed by atoms with van der Waals surface area (Å²) in [5.74, 6) is 1.20. The quantitative estimate of drug-likeness (QED) is 0.779. The lowest BCUT2D eigenvalue weighted by molar-refractivity contribution is 0.934. The SMILES string of the molecule is Nc1cnc2ccc(NCc3ccc(Cl)c(Cl)c3)nn12. The minimum absolute atomic E-state index is 0.498. The standard InChI is InChI=1S/C13H11Cl2N5/c14-9-2-1-8(5-10(9)15)6-17-12-3-4-13-18-7-11(16)20(13)19-12/h1-5,7H,6,16H2,(H,17,19). The number of nitrogens with two attached hydrogens (primary N) is 1. The van der Waals surface area contributed by atoms with E-state index in [4.69, 9.17) is 28.9 Å². The van der Waals surface area contributed by atoms with Gasteiger partial charge in [0.1, 0.15) is 11.6 Å². The van der Waals surface area contributed by atoms with E-state index in [-0.39, 0.29) is 0 Å². The van der Waals surface area contributed by atoms with Crippen molar-refractivity contribution in [3.63, 3.8) is 0 Å². The highest BCUT2D eigenvalue weighted by Gasteiger charge is 2.03. The van der Waals surface area contributed by atoms with Gasteiger partial charge in [-0.05, 0) is 29.8 Å². The Morgan fingerprint density at radius 2 is 2.00 bits per heavy atom. The molecule has 0 radical (unpaired) electrons. The molecule has 0 amide bonds. The number of halogens is 2. The Labute approximate surface area is 125 Å². The summed E-state index contributed by atoms with van der Waals surface area (Å²) in [5.41, 5.74) is 7.49. The van der Waals surface area contributed by atoms with Crippen molar-refractivity contribution in [1.82, 2.24) is 14.6 Å². The molecule has 0 spiro atoms. The second-order valence-corrected chi connectivity index (χ2v) is 5.09. The molecule has 3 rings (SSSR count). The summed E-state index contributed by atoms with van der Waals surface area (Å²) in [4.78, 5) is 4.11. The third-order valence-electron chi connectivity index (χ3n) is 2.85. The minimum Gasteiger partial charge on any atom is -0.382 e. The first kappa shape index (κ1) is 13.0. The number of hydrogen-bond donors (Lipinski definition) is 2. The van der Waals surface area contributed by atoms with Gasteiger partial charge in [0, 0.05) is 6.54 Å². The second kappa shape index (κ2) is 5.19. The molecule has 3 aromatic rings. The molecule has 5 nitrogen and oxygen atoms in total. The van der Waals surface area contributed by atoms with Crippen LogP contribution in [0.25, 0.3) is 5.65 Å². The summed E-state index contributed by atoms with van der Waals surface area (Å²) in [7, 11) is 0. The number of anilines is 2. The maximum Gasteiger partial charge on any atom is 0.156 e. The highest BCUT2D eigenvalue weighted by molar-refractivity contribution is 6.42. The molecule has 20 heavy (non-hydrogen) atoms. The van der Waals surface area contributed by atoms with Gasteiger partial charge in [0.2, 0.25) is 0 Å². The van der Waals surface area contributed by atoms with E-state index >= 15 is 0 Å². The average molecular weight is 308 g/mol. The molecular formula is C13H11Cl2N5. The Hall–Kier alpha value is -1.98. The van der Waals surface area contributed by atoms with Gasteiger partial charge >= 0.3 is 0 Å². The smallest absolute Gasteiger partial charge is 0.156 e. The topological polar surface area (TPSA) is 68.2 Å². The van der Waals surface area contributed by atoms with Crippen molar-refractivity contribution in [2.24, 2.45) is 0 Å². The molecule has 0 saturated heterocycles. The van der Waals surface area contributed by atoms with E-state index < -0.39 is 0 Å². The van der Waals surface area contributed by atoms with E-state index in [1.165, 1.54) is 0 Å². The molecular weight excluding hydrogens is 297 g/mol. The highest BCUT2D eigenvalue weighted by atomic mass is 35.5. The molecule has 2 heterocycles. The molecule has 0 atom stereocenters. The first-order chi connectivity index (χ1) is 9.63. The van der Waals surface area contributed by atoms with Crippen LogP contribution < -0.4 is 11.1 Å². The Kier molecular flexibility index (Phi) is 3.38. The molecule has 7 heteroatoms. The van der Waals surface area contributed by atoms with Gasteiger partial charge in [-0.25, -0.2) is 4.98 Å². The summed E-state index contributed by atoms with van der Waals surface area (Å²) in [6.45, 7) is 0.587. The van der Waals surface area contributed by atoms with Crippen molar-refractivity contribution in [3.05, 3.63) is 52.1 Å². The minimum atomic E-state index is 0.498. The predicted octanol–water partition coefficient (Wildman–Crippen LogP) is 3.23. The number of fused-ring (bicyclic) bond motifs is 1. The zero-order valence-corrected chi connectivity index (χ0v) is 11.9. The Bertz CT molecular complexity index is 769. The van der Waals surface area contributed by atoms with Crippen molar-refractivity contribution < 1.29 is 0 Å². The molecule has 0 unspecified atom stereocenters. The summed E-state index contributed by atoms with van der Waals surface area (Å²) in [6.07, 6.45) is 1.57. The summed E-state index contributed by atoms with van der Waals surface area (Å²) in [5, 5.41) is 8.63. The zero-order valence-electron chi connectivity index (χ0n) is 10.3. The van der Waals surface area contributed by atoms with Gasteiger partial charge in [0.15, 0.2) is 5.65 Å². The molecule has 0 aliphatic carbocycles. The Morgan fingerprint density at radius 3 is 2.80 bits per heavy atom. The molecule has 0 saturated carbocycles. The first-order valence-electron chi connectivity index (χ1n) is 5.91. The zero-order chi connectivity index (χ0) is 14.1. The lowest BCUT2D eigenvalue weighted by atomic mass is 10.2. The van der Waals surface area contributed by atoms with Crippen LogP contribution in [0.15, 0.2) is 36.5 Å². The number of nitrogen functional groups attached to an aromatic ring is 1. The van der Waals surface area contributed by atoms with E-state index in [1.807, 2.05) is 24.3 Å². The van der Waals surface area contributed by atoms with E-state index in [2.05, 4.69) is 15.4 Å². The fourth-order valence-corrected chi connectivity index (χ4v) is 2.15. The van der Waals surface area contributed by atoms with Crippen molar-refractivity contribution in [3.8, 4) is 0 Å². The van der Waals surface area contributed by atoms with Gasteiger partial charge in [-0.3, -0.25) is 0 Å². The number of aromatic nitrogens is 3. The predicted molar refractivity (Wildman–Crippen MR) is 81.2 cm³/mol. The number of nitrogens with one attached hydrogen (secondary N) is 1. The van der Waals surface area contributed by atoms with Crippen molar-refractivity contribution in [2.45, 2.75) is 6.54 Å². The second-order valence-electron chi connectivity index (χ2n) is 4.27. The number of hydrogen-bond acceptors (Lipinski definition) is 4. The van der Waals surface area contributed by atoms with E-state index in [0.29, 0.717) is 33.9 Å². The van der Waals surface area contributed by atoms with Crippen LogP contribution in [0.2, 0.25) is 10.0 Å². The van der Waals surface area contributed by atoms with E-state index in [9.17, 15) is 0 Å². The molecule has 2 aromatic heterocycles. The van der Waals surface area contributed by atoms with Crippen LogP contribution in [0, 0.1) is 0 Å². The first-order valence-corrected chi connectivity index (χ1v) is 6.67. The number of benzene rings is 1. The summed E-state index contributed by atoms with van der Waals surface area (Å²) < 4.78 is 1.58. The van der Waals surface area contributed by atoms with E-state index in [1.54, 1.807) is 16.8 Å². The number of nitrogens with zero attached hydrogens (tertiary/aromatic N) is 3. The van der Waals surface area contributed by atoms with Crippen LogP contribution in [0.4, 0.5) is 11.6 Å². The van der Waals surface area contributed by atoms with Crippen LogP contribution >= 0.6 is 23.2 Å². The maximum atomic E-state index is 5.98. The lowest BCUT2D eigenvalue weighted by Gasteiger charge is -2.07. The Morgan fingerprint density at radius 1 is 1.15 bits per heavy atom. The molecule has 3 N–H and O–H groups in total. The third-order valence-corrected chi connectivity index (χ3v) is 3.59. The molecule has 0 fully saturated rings. The van der Waals surface area contributed by atoms with E-state index in [0.717, 1.165) is 5.56 Å². The van der Waals surface area contributed by atoms with Gasteiger partial charge < -0.3 is 11.1 Å². The summed E-state index contributed by atoms with van der Waals surface area (Å²) >= 11 is 11.9. The molecule has 102 valence electrons. The number of imidazole rings is 1. The summed E-state index contributed by atoms with van der Waals surface area (Å²) in [6, 6.07) is 9.19. The fourth-order valence-electron chi connectivity index (χ4n) is 1.83. The largest absolute Gasteiger partial charge is 0.382 e. The van der Waals surface area contributed by atoms with Crippen molar-refractivity contribution in [1.29, 1.82) is 0 Å². The fraction of sp³-hybridized carbons (Fsp3) is 0.0769. The molecule has 0 aliphatic rings.